The summed E-state index contributed by atoms with van der Waals surface area (Å²) in [7, 11) is 0. The van der Waals surface area contributed by atoms with E-state index in [1.54, 1.807) is 6.07 Å². The Morgan fingerprint density at radius 3 is 2.62 bits per heavy atom. The van der Waals surface area contributed by atoms with Crippen LogP contribution in [0.3, 0.4) is 0 Å². The number of nitrogens with one attached hydrogen (secondary N) is 1. The molecule has 1 heterocycles. The number of thiophene rings is 1. The minimum absolute atomic E-state index is 0.00314. The summed E-state index contributed by atoms with van der Waals surface area (Å²) >= 11 is 1.39. The number of hydrogen-bond donors (Lipinski definition) is 1. The van der Waals surface area contributed by atoms with Gasteiger partial charge in [-0.1, -0.05) is 30.3 Å². The van der Waals surface area contributed by atoms with Gasteiger partial charge in [0.2, 0.25) is 5.91 Å². The molecule has 26 heavy (non-hydrogen) atoms. The molecular weight excluding hydrogens is 346 g/mol. The SMILES string of the molecule is O=C(CCC(=O)N[C@@H]1CCCc2ccccc21)CCC(=O)c1cccs1. The Kier molecular flexibility index (Phi) is 6.34. The number of hydrogen-bond acceptors (Lipinski definition) is 4. The Morgan fingerprint density at radius 1 is 1.00 bits per heavy atom. The van der Waals surface area contributed by atoms with Crippen molar-refractivity contribution in [2.24, 2.45) is 0 Å². The van der Waals surface area contributed by atoms with E-state index in [0.717, 1.165) is 19.3 Å². The summed E-state index contributed by atoms with van der Waals surface area (Å²) in [5.41, 5.74) is 2.49. The highest BCUT2D eigenvalue weighted by Crippen LogP contribution is 2.29. The van der Waals surface area contributed by atoms with E-state index in [4.69, 9.17) is 0 Å². The number of carbonyl (C=O) groups is 3. The third kappa shape index (κ3) is 4.88. The second-order valence-corrected chi connectivity index (χ2v) is 7.60. The van der Waals surface area contributed by atoms with Gasteiger partial charge in [-0.05, 0) is 41.8 Å². The Labute approximate surface area is 157 Å². The van der Waals surface area contributed by atoms with Crippen LogP contribution in [0.1, 0.15) is 65.4 Å². The summed E-state index contributed by atoms with van der Waals surface area (Å²) in [5, 5.41) is 4.91. The lowest BCUT2D eigenvalue weighted by Crippen LogP contribution is -2.31. The molecule has 4 nitrogen and oxygen atoms in total. The maximum Gasteiger partial charge on any atom is 0.220 e. The summed E-state index contributed by atoms with van der Waals surface area (Å²) in [6, 6.07) is 11.8. The molecule has 0 saturated heterocycles. The van der Waals surface area contributed by atoms with E-state index < -0.39 is 0 Å². The topological polar surface area (TPSA) is 63.2 Å². The highest BCUT2D eigenvalue weighted by Gasteiger charge is 2.21. The molecule has 1 amide bonds. The van der Waals surface area contributed by atoms with Gasteiger partial charge in [-0.2, -0.15) is 0 Å². The number of fused-ring (bicyclic) bond motifs is 1. The lowest BCUT2D eigenvalue weighted by molar-refractivity contribution is -0.126. The first-order valence-corrected chi connectivity index (χ1v) is 9.97. The third-order valence-corrected chi connectivity index (χ3v) is 5.67. The number of Topliss-reactive ketones (excluding diaryl/α,β-unsaturated/α-hetero) is 2. The summed E-state index contributed by atoms with van der Waals surface area (Å²) in [4.78, 5) is 36.8. The Balaban J connectivity index is 1.42. The molecule has 0 fully saturated rings. The number of aryl methyl sites for hydroxylation is 1. The van der Waals surface area contributed by atoms with Crippen molar-refractivity contribution in [3.8, 4) is 0 Å². The molecule has 1 atom stereocenters. The molecule has 136 valence electrons. The first kappa shape index (κ1) is 18.5. The molecule has 5 heteroatoms. The molecule has 2 aromatic rings. The fraction of sp³-hybridized carbons (Fsp3) is 0.381. The molecule has 1 aromatic carbocycles. The lowest BCUT2D eigenvalue weighted by Gasteiger charge is -2.26. The molecular formula is C21H23NO3S. The maximum atomic E-state index is 12.2. The normalized spacial score (nSPS) is 15.9. The van der Waals surface area contributed by atoms with Gasteiger partial charge in [0.05, 0.1) is 10.9 Å². The van der Waals surface area contributed by atoms with Crippen LogP contribution in [0.2, 0.25) is 0 Å². The second kappa shape index (κ2) is 8.90. The van der Waals surface area contributed by atoms with Crippen LogP contribution < -0.4 is 5.32 Å². The fourth-order valence-electron chi connectivity index (χ4n) is 3.36. The van der Waals surface area contributed by atoms with Gasteiger partial charge in [0.15, 0.2) is 5.78 Å². The largest absolute Gasteiger partial charge is 0.349 e. The Bertz CT molecular complexity index is 782. The van der Waals surface area contributed by atoms with Crippen molar-refractivity contribution >= 4 is 28.8 Å². The van der Waals surface area contributed by atoms with E-state index in [-0.39, 0.29) is 49.2 Å². The average molecular weight is 369 g/mol. The highest BCUT2D eigenvalue weighted by molar-refractivity contribution is 7.12. The monoisotopic (exact) mass is 369 g/mol. The van der Waals surface area contributed by atoms with Crippen LogP contribution in [-0.4, -0.2) is 17.5 Å². The van der Waals surface area contributed by atoms with Crippen molar-refractivity contribution in [1.29, 1.82) is 0 Å². The summed E-state index contributed by atoms with van der Waals surface area (Å²) < 4.78 is 0. The first-order valence-electron chi connectivity index (χ1n) is 9.09. The van der Waals surface area contributed by atoms with Crippen LogP contribution in [0.25, 0.3) is 0 Å². The zero-order chi connectivity index (χ0) is 18.4. The van der Waals surface area contributed by atoms with Gasteiger partial charge >= 0.3 is 0 Å². The summed E-state index contributed by atoms with van der Waals surface area (Å²) in [6.45, 7) is 0. The number of benzene rings is 1. The summed E-state index contributed by atoms with van der Waals surface area (Å²) in [6.07, 6.45) is 3.85. The van der Waals surface area contributed by atoms with Crippen LogP contribution in [0.5, 0.6) is 0 Å². The van der Waals surface area contributed by atoms with Gasteiger partial charge in [0.25, 0.3) is 0 Å². The average Bonchev–Trinajstić information content (AvgIpc) is 3.19. The van der Waals surface area contributed by atoms with Crippen LogP contribution in [0, 0.1) is 0 Å². The number of ketones is 2. The van der Waals surface area contributed by atoms with Gasteiger partial charge in [-0.25, -0.2) is 0 Å². The molecule has 0 bridgehead atoms. The third-order valence-electron chi connectivity index (χ3n) is 4.76. The molecule has 0 saturated carbocycles. The van der Waals surface area contributed by atoms with Crippen molar-refractivity contribution in [2.45, 2.75) is 51.0 Å². The van der Waals surface area contributed by atoms with Gasteiger partial charge in [0, 0.05) is 25.7 Å². The first-order chi connectivity index (χ1) is 12.6. The van der Waals surface area contributed by atoms with E-state index in [2.05, 4.69) is 17.4 Å². The predicted molar refractivity (Wildman–Crippen MR) is 102 cm³/mol. The maximum absolute atomic E-state index is 12.2. The van der Waals surface area contributed by atoms with E-state index >= 15 is 0 Å². The van der Waals surface area contributed by atoms with Crippen LogP contribution in [-0.2, 0) is 16.0 Å². The molecule has 1 aromatic heterocycles. The van der Waals surface area contributed by atoms with Crippen molar-refractivity contribution in [2.75, 3.05) is 0 Å². The fourth-order valence-corrected chi connectivity index (χ4v) is 4.06. The van der Waals surface area contributed by atoms with Crippen molar-refractivity contribution < 1.29 is 14.4 Å². The zero-order valence-electron chi connectivity index (χ0n) is 14.7. The standard InChI is InChI=1S/C21H23NO3S/c23-16(10-12-19(24)20-9-4-14-26-20)11-13-21(25)22-18-8-3-6-15-5-1-2-7-17(15)18/h1-2,4-5,7,9,14,18H,3,6,8,10-13H2,(H,22,25)/t18-/m1/s1. The van der Waals surface area contributed by atoms with Crippen molar-refractivity contribution in [1.82, 2.24) is 5.32 Å². The van der Waals surface area contributed by atoms with E-state index in [1.165, 1.54) is 22.5 Å². The summed E-state index contributed by atoms with van der Waals surface area (Å²) in [5.74, 6) is -0.129. The minimum atomic E-state index is -0.0929. The quantitative estimate of drug-likeness (QED) is 0.708. The molecule has 0 spiro atoms. The van der Waals surface area contributed by atoms with E-state index in [9.17, 15) is 14.4 Å². The van der Waals surface area contributed by atoms with Gasteiger partial charge in [0.1, 0.15) is 5.78 Å². The number of amides is 1. The molecule has 0 aliphatic heterocycles. The highest BCUT2D eigenvalue weighted by atomic mass is 32.1. The van der Waals surface area contributed by atoms with Crippen LogP contribution in [0.4, 0.5) is 0 Å². The smallest absolute Gasteiger partial charge is 0.220 e. The molecule has 3 rings (SSSR count). The van der Waals surface area contributed by atoms with E-state index in [1.807, 2.05) is 23.6 Å². The van der Waals surface area contributed by atoms with Crippen molar-refractivity contribution in [3.63, 3.8) is 0 Å². The lowest BCUT2D eigenvalue weighted by atomic mass is 9.87. The molecule has 1 aliphatic rings. The number of rotatable bonds is 8. The number of carbonyl (C=O) groups excluding carboxylic acids is 3. The van der Waals surface area contributed by atoms with Gasteiger partial charge in [-0.15, -0.1) is 11.3 Å². The molecule has 0 radical (unpaired) electrons. The Morgan fingerprint density at radius 2 is 1.81 bits per heavy atom. The molecule has 1 aliphatic carbocycles. The van der Waals surface area contributed by atoms with Gasteiger partial charge < -0.3 is 5.32 Å². The van der Waals surface area contributed by atoms with Gasteiger partial charge in [-0.3, -0.25) is 14.4 Å². The molecule has 1 N–H and O–H groups in total. The Hall–Kier alpha value is -2.27. The van der Waals surface area contributed by atoms with E-state index in [0.29, 0.717) is 4.88 Å². The second-order valence-electron chi connectivity index (χ2n) is 6.65. The van der Waals surface area contributed by atoms with Crippen molar-refractivity contribution in [3.05, 3.63) is 57.8 Å². The molecule has 0 unspecified atom stereocenters. The minimum Gasteiger partial charge on any atom is -0.349 e. The van der Waals surface area contributed by atoms with Crippen LogP contribution >= 0.6 is 11.3 Å². The van der Waals surface area contributed by atoms with Crippen LogP contribution in [0.15, 0.2) is 41.8 Å². The predicted octanol–water partition coefficient (Wildman–Crippen LogP) is 4.25. The zero-order valence-corrected chi connectivity index (χ0v) is 15.5.